The lowest BCUT2D eigenvalue weighted by Crippen LogP contribution is -2.26. The number of halogens is 3. The molecule has 1 aliphatic rings. The van der Waals surface area contributed by atoms with Gasteiger partial charge in [-0.1, -0.05) is 25.3 Å². The highest BCUT2D eigenvalue weighted by Gasteiger charge is 2.38. The smallest absolute Gasteiger partial charge is 0.416 e. The van der Waals surface area contributed by atoms with E-state index in [0.29, 0.717) is 12.8 Å². The molecule has 1 heterocycles. The molecule has 1 aliphatic heterocycles. The van der Waals surface area contributed by atoms with E-state index in [2.05, 4.69) is 4.74 Å². The number of hydrogen-bond acceptors (Lipinski definition) is 6. The summed E-state index contributed by atoms with van der Waals surface area (Å²) in [7, 11) is 1.36. The molecule has 1 fully saturated rings. The average molecular weight is 460 g/mol. The lowest BCUT2D eigenvalue weighted by molar-refractivity contribution is -0.140. The zero-order valence-corrected chi connectivity index (χ0v) is 18.1. The summed E-state index contributed by atoms with van der Waals surface area (Å²) < 4.78 is 53.8. The van der Waals surface area contributed by atoms with Crippen molar-refractivity contribution in [1.29, 1.82) is 0 Å². The van der Waals surface area contributed by atoms with Gasteiger partial charge in [0, 0.05) is 12.8 Å². The normalized spacial score (nSPS) is 21.5. The second-order valence-corrected chi connectivity index (χ2v) is 7.79. The van der Waals surface area contributed by atoms with Gasteiger partial charge in [0.2, 0.25) is 0 Å². The number of carbonyl (C=O) groups is 1. The minimum atomic E-state index is -4.44. The fraction of sp³-hybridized carbons (Fsp3) is 0.609. The van der Waals surface area contributed by atoms with Crippen LogP contribution >= 0.6 is 0 Å². The number of esters is 1. The number of aliphatic hydroxyl groups excluding tert-OH is 2. The molecule has 9 heteroatoms. The minimum absolute atomic E-state index is 0.00154. The zero-order valence-electron chi connectivity index (χ0n) is 18.1. The highest BCUT2D eigenvalue weighted by molar-refractivity contribution is 5.68. The first-order valence-corrected chi connectivity index (χ1v) is 10.8. The SMILES string of the molecule is COC(=O)CCCCCC[C@@H]1OC[C@H](O)[C@@H]1/C(O)=C\CCOc1cccc(C(F)(F)F)c1. The number of alkyl halides is 3. The van der Waals surface area contributed by atoms with Crippen molar-refractivity contribution in [2.24, 2.45) is 5.92 Å². The van der Waals surface area contributed by atoms with E-state index in [0.717, 1.165) is 37.8 Å². The fourth-order valence-corrected chi connectivity index (χ4v) is 3.68. The van der Waals surface area contributed by atoms with Crippen molar-refractivity contribution in [1.82, 2.24) is 0 Å². The van der Waals surface area contributed by atoms with Gasteiger partial charge < -0.3 is 24.4 Å². The van der Waals surface area contributed by atoms with E-state index >= 15 is 0 Å². The van der Waals surface area contributed by atoms with Gasteiger partial charge in [-0.2, -0.15) is 13.2 Å². The number of hydrogen-bond donors (Lipinski definition) is 2. The van der Waals surface area contributed by atoms with E-state index in [1.165, 1.54) is 25.3 Å². The van der Waals surface area contributed by atoms with E-state index in [4.69, 9.17) is 9.47 Å². The maximum absolute atomic E-state index is 12.8. The molecular weight excluding hydrogens is 429 g/mol. The van der Waals surface area contributed by atoms with E-state index in [1.807, 2.05) is 0 Å². The molecule has 0 bridgehead atoms. The third kappa shape index (κ3) is 8.35. The summed E-state index contributed by atoms with van der Waals surface area (Å²) in [5.74, 6) is -0.668. The predicted molar refractivity (Wildman–Crippen MR) is 111 cm³/mol. The number of aliphatic hydroxyl groups is 2. The Labute approximate surface area is 186 Å². The molecule has 32 heavy (non-hydrogen) atoms. The highest BCUT2D eigenvalue weighted by atomic mass is 19.4. The molecule has 0 aliphatic carbocycles. The summed E-state index contributed by atoms with van der Waals surface area (Å²) in [6, 6.07) is 4.62. The summed E-state index contributed by atoms with van der Waals surface area (Å²) in [6.07, 6.45) is 0.632. The Morgan fingerprint density at radius 1 is 1.25 bits per heavy atom. The first-order valence-electron chi connectivity index (χ1n) is 10.8. The third-order valence-electron chi connectivity index (χ3n) is 5.39. The number of benzene rings is 1. The van der Waals surface area contributed by atoms with Crippen molar-refractivity contribution in [2.75, 3.05) is 20.3 Å². The Bertz CT molecular complexity index is 749. The maximum atomic E-state index is 12.8. The lowest BCUT2D eigenvalue weighted by Gasteiger charge is -2.20. The maximum Gasteiger partial charge on any atom is 0.416 e. The van der Waals surface area contributed by atoms with Crippen LogP contribution in [0.3, 0.4) is 0 Å². The number of methoxy groups -OCH3 is 1. The molecule has 0 amide bonds. The highest BCUT2D eigenvalue weighted by Crippen LogP contribution is 2.32. The van der Waals surface area contributed by atoms with Crippen molar-refractivity contribution in [2.45, 2.75) is 63.3 Å². The monoisotopic (exact) mass is 460 g/mol. The van der Waals surface area contributed by atoms with Crippen LogP contribution in [0, 0.1) is 5.92 Å². The minimum Gasteiger partial charge on any atom is -0.512 e. The van der Waals surface area contributed by atoms with Crippen molar-refractivity contribution in [3.63, 3.8) is 0 Å². The van der Waals surface area contributed by atoms with Crippen molar-refractivity contribution < 1.29 is 42.4 Å². The second-order valence-electron chi connectivity index (χ2n) is 7.79. The van der Waals surface area contributed by atoms with E-state index in [-0.39, 0.29) is 43.2 Å². The standard InChI is InChI=1S/C23H31F3O6/c1-30-21(29)12-5-3-2-4-11-20-22(19(28)15-32-20)18(27)10-7-13-31-17-9-6-8-16(14-17)23(24,25)26/h6,8-10,14,19-20,22,27-28H,2-5,7,11-13,15H2,1H3/b18-10+/t19-,20-,22-/m0/s1. The Morgan fingerprint density at radius 3 is 2.72 bits per heavy atom. The van der Waals surface area contributed by atoms with Crippen LogP contribution in [0.15, 0.2) is 36.1 Å². The molecule has 2 N–H and O–H groups in total. The predicted octanol–water partition coefficient (Wildman–Crippen LogP) is 4.81. The van der Waals surface area contributed by atoms with Crippen LogP contribution in [0.1, 0.15) is 50.5 Å². The summed E-state index contributed by atoms with van der Waals surface area (Å²) in [5, 5.41) is 20.6. The van der Waals surface area contributed by atoms with E-state index in [1.54, 1.807) is 0 Å². The molecule has 0 unspecified atom stereocenters. The molecular formula is C23H31F3O6. The Hall–Kier alpha value is -2.26. The molecule has 0 radical (unpaired) electrons. The van der Waals surface area contributed by atoms with Crippen LogP contribution < -0.4 is 4.74 Å². The first-order chi connectivity index (χ1) is 15.2. The summed E-state index contributed by atoms with van der Waals surface area (Å²) in [6.45, 7) is 0.218. The summed E-state index contributed by atoms with van der Waals surface area (Å²) in [4.78, 5) is 11.1. The molecule has 1 saturated heterocycles. The van der Waals surface area contributed by atoms with Crippen LogP contribution in [0.4, 0.5) is 13.2 Å². The van der Waals surface area contributed by atoms with Crippen LogP contribution in [-0.4, -0.2) is 48.7 Å². The van der Waals surface area contributed by atoms with Gasteiger partial charge in [0.1, 0.15) is 5.75 Å². The molecule has 180 valence electrons. The van der Waals surface area contributed by atoms with Crippen molar-refractivity contribution in [3.8, 4) is 5.75 Å². The van der Waals surface area contributed by atoms with Crippen molar-refractivity contribution >= 4 is 5.97 Å². The summed E-state index contributed by atoms with van der Waals surface area (Å²) in [5.41, 5.74) is -0.784. The van der Waals surface area contributed by atoms with Crippen LogP contribution in [0.5, 0.6) is 5.75 Å². The Morgan fingerprint density at radius 2 is 2.00 bits per heavy atom. The van der Waals surface area contributed by atoms with Crippen molar-refractivity contribution in [3.05, 3.63) is 41.7 Å². The number of unbranched alkanes of at least 4 members (excludes halogenated alkanes) is 3. The van der Waals surface area contributed by atoms with Gasteiger partial charge in [0.05, 0.1) is 49.8 Å². The average Bonchev–Trinajstić information content (AvgIpc) is 3.13. The summed E-state index contributed by atoms with van der Waals surface area (Å²) >= 11 is 0. The van der Waals surface area contributed by atoms with Crippen LogP contribution in [-0.2, 0) is 20.4 Å². The Balaban J connectivity index is 1.76. The van der Waals surface area contributed by atoms with Gasteiger partial charge in [-0.25, -0.2) is 0 Å². The molecule has 3 atom stereocenters. The molecule has 1 aromatic rings. The molecule has 0 spiro atoms. The number of carbonyl (C=O) groups excluding carboxylic acids is 1. The van der Waals surface area contributed by atoms with Gasteiger partial charge in [-0.05, 0) is 37.1 Å². The van der Waals surface area contributed by atoms with E-state index in [9.17, 15) is 28.2 Å². The third-order valence-corrected chi connectivity index (χ3v) is 5.39. The number of rotatable bonds is 12. The zero-order chi connectivity index (χ0) is 23.6. The van der Waals surface area contributed by atoms with Gasteiger partial charge in [-0.3, -0.25) is 4.79 Å². The van der Waals surface area contributed by atoms with Gasteiger partial charge in [0.25, 0.3) is 0 Å². The van der Waals surface area contributed by atoms with Gasteiger partial charge in [-0.15, -0.1) is 0 Å². The Kier molecular flexibility index (Phi) is 10.3. The lowest BCUT2D eigenvalue weighted by atomic mass is 9.92. The quantitative estimate of drug-likeness (QED) is 0.265. The topological polar surface area (TPSA) is 85.2 Å². The number of ether oxygens (including phenoxy) is 3. The second kappa shape index (κ2) is 12.7. The van der Waals surface area contributed by atoms with Gasteiger partial charge >= 0.3 is 12.1 Å². The largest absolute Gasteiger partial charge is 0.512 e. The molecule has 0 aromatic heterocycles. The van der Waals surface area contributed by atoms with Crippen LogP contribution in [0.2, 0.25) is 0 Å². The van der Waals surface area contributed by atoms with E-state index < -0.39 is 23.8 Å². The van der Waals surface area contributed by atoms with Gasteiger partial charge in [0.15, 0.2) is 0 Å². The molecule has 1 aromatic carbocycles. The molecule has 2 rings (SSSR count). The first kappa shape index (κ1) is 26.0. The fourth-order valence-electron chi connectivity index (χ4n) is 3.68. The van der Waals surface area contributed by atoms with Crippen LogP contribution in [0.25, 0.3) is 0 Å². The molecule has 6 nitrogen and oxygen atoms in total. The molecule has 0 saturated carbocycles.